The van der Waals surface area contributed by atoms with Crippen LogP contribution in [0.1, 0.15) is 118 Å². The molecule has 46 heavy (non-hydrogen) atoms. The van der Waals surface area contributed by atoms with Gasteiger partial charge >= 0.3 is 0 Å². The van der Waals surface area contributed by atoms with Crippen molar-refractivity contribution in [2.45, 2.75) is 131 Å². The van der Waals surface area contributed by atoms with E-state index >= 15 is 0 Å². The molecule has 0 atom stereocenters. The molecule has 1 aliphatic heterocycles. The van der Waals surface area contributed by atoms with Gasteiger partial charge in [-0.2, -0.15) is 0 Å². The molecule has 1 aliphatic rings. The lowest BCUT2D eigenvalue weighted by Gasteiger charge is -2.42. The van der Waals surface area contributed by atoms with Crippen molar-refractivity contribution in [1.82, 2.24) is 4.90 Å². The fourth-order valence-electron chi connectivity index (χ4n) is 5.80. The average Bonchev–Trinajstić information content (AvgIpc) is 2.91. The van der Waals surface area contributed by atoms with Gasteiger partial charge < -0.3 is 20.5 Å². The van der Waals surface area contributed by atoms with Gasteiger partial charge in [-0.25, -0.2) is 4.99 Å². The van der Waals surface area contributed by atoms with E-state index in [2.05, 4.69) is 124 Å². The maximum absolute atomic E-state index is 11.5. The first-order chi connectivity index (χ1) is 21.0. The van der Waals surface area contributed by atoms with Gasteiger partial charge in [-0.05, 0) is 64.8 Å². The first-order valence-electron chi connectivity index (χ1n) is 16.4. The molecular formula is C39H59N3O2S2. The summed E-state index contributed by atoms with van der Waals surface area (Å²) < 4.78 is 5.92. The molecule has 0 unspecified atom stereocenters. The van der Waals surface area contributed by atoms with Crippen molar-refractivity contribution in [2.75, 3.05) is 20.2 Å². The topological polar surface area (TPSA) is 71.1 Å². The van der Waals surface area contributed by atoms with E-state index in [0.717, 1.165) is 42.8 Å². The second-order valence-electron chi connectivity index (χ2n) is 16.6. The lowest BCUT2D eigenvalue weighted by molar-refractivity contribution is 0.333. The summed E-state index contributed by atoms with van der Waals surface area (Å²) in [6.07, 6.45) is 7.00. The molecule has 2 aromatic rings. The normalized spacial score (nSPS) is 16.6. The summed E-state index contributed by atoms with van der Waals surface area (Å²) in [5.41, 5.74) is 10.3. The monoisotopic (exact) mass is 665 g/mol. The molecule has 0 saturated carbocycles. The maximum atomic E-state index is 11.5. The van der Waals surface area contributed by atoms with E-state index in [0.29, 0.717) is 11.7 Å². The molecule has 0 spiro atoms. The standard InChI is InChI=1S/C39H59N3O2S2/c1-15-16-19-41-34(40)42-20-17-39(18-21-42,45-26-22-28(35(2,3)4)32(43)29(23-26)36(5,6)7)46-27-24-30(37(8,9)10)33(44-14)31(25-27)38(11,12)13/h15-16,19,22-25,43H,1,17-18,20-21H2,2-14H3,(H2,40,41)/b19-16-. The van der Waals surface area contributed by atoms with Crippen LogP contribution in [-0.2, 0) is 21.7 Å². The summed E-state index contributed by atoms with van der Waals surface area (Å²) >= 11 is 3.90. The highest BCUT2D eigenvalue weighted by Crippen LogP contribution is 2.55. The lowest BCUT2D eigenvalue weighted by atomic mass is 9.79. The Morgan fingerprint density at radius 3 is 1.54 bits per heavy atom. The van der Waals surface area contributed by atoms with E-state index in [4.69, 9.17) is 10.5 Å². The van der Waals surface area contributed by atoms with Crippen molar-refractivity contribution in [2.24, 2.45) is 10.7 Å². The van der Waals surface area contributed by atoms with Gasteiger partial charge in [0, 0.05) is 51.3 Å². The average molecular weight is 666 g/mol. The summed E-state index contributed by atoms with van der Waals surface area (Å²) in [6, 6.07) is 9.13. The van der Waals surface area contributed by atoms with E-state index < -0.39 is 0 Å². The van der Waals surface area contributed by atoms with E-state index in [9.17, 15) is 5.11 Å². The largest absolute Gasteiger partial charge is 0.507 e. The smallest absolute Gasteiger partial charge is 0.195 e. The van der Waals surface area contributed by atoms with Gasteiger partial charge in [0.25, 0.3) is 0 Å². The number of aromatic hydroxyl groups is 1. The van der Waals surface area contributed by atoms with Crippen molar-refractivity contribution < 1.29 is 9.84 Å². The Labute approximate surface area is 288 Å². The third-order valence-corrected chi connectivity index (χ3v) is 11.5. The fraction of sp³-hybridized carbons (Fsp3) is 0.564. The van der Waals surface area contributed by atoms with Crippen molar-refractivity contribution in [3.05, 3.63) is 71.5 Å². The number of methoxy groups -OCH3 is 1. The molecule has 3 N–H and O–H groups in total. The number of aliphatic imine (C=N–C) groups is 1. The highest BCUT2D eigenvalue weighted by Gasteiger charge is 2.40. The molecule has 1 heterocycles. The van der Waals surface area contributed by atoms with Crippen molar-refractivity contribution in [1.29, 1.82) is 0 Å². The van der Waals surface area contributed by atoms with Crippen molar-refractivity contribution in [3.8, 4) is 11.5 Å². The minimum absolute atomic E-state index is 0.0877. The molecule has 0 amide bonds. The Bertz CT molecular complexity index is 1390. The van der Waals surface area contributed by atoms with Crippen LogP contribution in [0.2, 0.25) is 0 Å². The number of nitrogens with two attached hydrogens (primary N) is 1. The molecule has 1 fully saturated rings. The summed E-state index contributed by atoms with van der Waals surface area (Å²) in [4.78, 5) is 9.06. The number of hydrogen-bond acceptors (Lipinski definition) is 5. The Morgan fingerprint density at radius 2 is 1.20 bits per heavy atom. The van der Waals surface area contributed by atoms with Gasteiger partial charge in [0.1, 0.15) is 11.5 Å². The molecule has 5 nitrogen and oxygen atoms in total. The van der Waals surface area contributed by atoms with Crippen LogP contribution in [0.25, 0.3) is 0 Å². The highest BCUT2D eigenvalue weighted by atomic mass is 32.2. The number of hydrogen-bond donors (Lipinski definition) is 2. The number of ether oxygens (including phenoxy) is 1. The van der Waals surface area contributed by atoms with E-state index in [-0.39, 0.29) is 25.7 Å². The van der Waals surface area contributed by atoms with Crippen molar-refractivity contribution in [3.63, 3.8) is 0 Å². The number of thioether (sulfide) groups is 2. The number of nitrogens with zero attached hydrogens (tertiary/aromatic N) is 2. The van der Waals surface area contributed by atoms with Gasteiger partial charge in [-0.15, -0.1) is 23.5 Å². The Kier molecular flexibility index (Phi) is 11.5. The molecule has 0 radical (unpaired) electrons. The van der Waals surface area contributed by atoms with Gasteiger partial charge in [-0.3, -0.25) is 0 Å². The zero-order valence-corrected chi connectivity index (χ0v) is 32.4. The fourth-order valence-corrected chi connectivity index (χ4v) is 8.88. The molecule has 1 saturated heterocycles. The number of guanidine groups is 1. The number of phenols is 1. The van der Waals surface area contributed by atoms with E-state index in [1.165, 1.54) is 20.9 Å². The van der Waals surface area contributed by atoms with Crippen LogP contribution in [-0.4, -0.2) is 40.2 Å². The van der Waals surface area contributed by atoms with Crippen LogP contribution < -0.4 is 10.5 Å². The van der Waals surface area contributed by atoms with Crippen LogP contribution in [0.5, 0.6) is 11.5 Å². The van der Waals surface area contributed by atoms with E-state index in [1.807, 2.05) is 23.5 Å². The first kappa shape index (κ1) is 37.9. The predicted molar refractivity (Wildman–Crippen MR) is 202 cm³/mol. The molecule has 0 aliphatic carbocycles. The van der Waals surface area contributed by atoms with Gasteiger partial charge in [-0.1, -0.05) is 95.7 Å². The van der Waals surface area contributed by atoms with Crippen LogP contribution in [0.3, 0.4) is 0 Å². The Balaban J connectivity index is 2.20. The third-order valence-electron chi connectivity index (χ3n) is 8.47. The van der Waals surface area contributed by atoms with Crippen LogP contribution in [0, 0.1) is 0 Å². The van der Waals surface area contributed by atoms with Gasteiger partial charge in [0.15, 0.2) is 5.96 Å². The molecule has 2 aromatic carbocycles. The second kappa shape index (κ2) is 13.9. The molecular weight excluding hydrogens is 607 g/mol. The Morgan fingerprint density at radius 1 is 0.804 bits per heavy atom. The SMILES string of the molecule is C=C/C=C\N=C(N)N1CCC(Sc2cc(C(C)(C)C)c(O)c(C(C)(C)C)c2)(Sc2cc(C(C)(C)C)c(OC)c(C(C)(C)C)c2)CC1. The zero-order valence-electron chi connectivity index (χ0n) is 30.7. The third kappa shape index (κ3) is 9.09. The minimum atomic E-state index is -0.201. The predicted octanol–water partition coefficient (Wildman–Crippen LogP) is 10.3. The second-order valence-corrected chi connectivity index (χ2v) is 19.8. The van der Waals surface area contributed by atoms with Crippen molar-refractivity contribution >= 4 is 29.5 Å². The zero-order chi connectivity index (χ0) is 34.9. The van der Waals surface area contributed by atoms with Gasteiger partial charge in [0.05, 0.1) is 11.2 Å². The van der Waals surface area contributed by atoms with Crippen LogP contribution in [0.4, 0.5) is 0 Å². The molecule has 3 rings (SSSR count). The van der Waals surface area contributed by atoms with Crippen LogP contribution >= 0.6 is 23.5 Å². The lowest BCUT2D eigenvalue weighted by Crippen LogP contribution is -2.46. The van der Waals surface area contributed by atoms with E-state index in [1.54, 1.807) is 25.5 Å². The number of piperidine rings is 1. The quantitative estimate of drug-likeness (QED) is 0.133. The highest BCUT2D eigenvalue weighted by molar-refractivity contribution is 8.18. The maximum Gasteiger partial charge on any atom is 0.195 e. The summed E-state index contributed by atoms with van der Waals surface area (Å²) in [5.74, 6) is 1.93. The number of rotatable bonds is 7. The summed E-state index contributed by atoms with van der Waals surface area (Å²) in [7, 11) is 1.79. The minimum Gasteiger partial charge on any atom is -0.507 e. The summed E-state index contributed by atoms with van der Waals surface area (Å²) in [6.45, 7) is 31.9. The van der Waals surface area contributed by atoms with Gasteiger partial charge in [0.2, 0.25) is 0 Å². The molecule has 7 heteroatoms. The molecule has 254 valence electrons. The van der Waals surface area contributed by atoms with Crippen LogP contribution in [0.15, 0.2) is 64.0 Å². The number of benzene rings is 2. The number of allylic oxidation sites excluding steroid dienone is 2. The molecule has 0 aromatic heterocycles. The Hall–Kier alpha value is -2.51. The first-order valence-corrected chi connectivity index (χ1v) is 18.0. The number of phenolic OH excluding ortho intramolecular Hbond substituents is 1. The molecule has 0 bridgehead atoms. The summed E-state index contributed by atoms with van der Waals surface area (Å²) in [5, 5.41) is 11.5. The number of likely N-dealkylation sites (tertiary alicyclic amines) is 1.